The molecule has 1 atom stereocenters. The van der Waals surface area contributed by atoms with Crippen molar-refractivity contribution in [2.75, 3.05) is 0 Å². The van der Waals surface area contributed by atoms with Gasteiger partial charge in [-0.05, 0) is 38.8 Å². The molecule has 0 N–H and O–H groups in total. The molecule has 0 saturated heterocycles. The van der Waals surface area contributed by atoms with E-state index in [0.29, 0.717) is 4.83 Å². The lowest BCUT2D eigenvalue weighted by molar-refractivity contribution is 1.26. The Kier molecular flexibility index (Phi) is 4.62. The zero-order chi connectivity index (χ0) is 9.84. The van der Waals surface area contributed by atoms with Gasteiger partial charge >= 0.3 is 0 Å². The molecule has 1 unspecified atom stereocenters. The van der Waals surface area contributed by atoms with Crippen molar-refractivity contribution in [2.24, 2.45) is 0 Å². The maximum atomic E-state index is 4.03. The third-order valence-electron chi connectivity index (χ3n) is 1.42. The van der Waals surface area contributed by atoms with Gasteiger partial charge in [0.2, 0.25) is 0 Å². The Balaban J connectivity index is 3.00. The number of rotatable bonds is 2. The van der Waals surface area contributed by atoms with Crippen molar-refractivity contribution in [3.05, 3.63) is 33.0 Å². The van der Waals surface area contributed by atoms with Gasteiger partial charge in [-0.2, -0.15) is 0 Å². The lowest BCUT2D eigenvalue weighted by Crippen LogP contribution is -1.84. The number of pyridine rings is 1. The van der Waals surface area contributed by atoms with Gasteiger partial charge in [0.25, 0.3) is 0 Å². The predicted molar refractivity (Wildman–Crippen MR) is 67.1 cm³/mol. The lowest BCUT2D eigenvalue weighted by atomic mass is 10.2. The van der Waals surface area contributed by atoms with Crippen molar-refractivity contribution in [1.29, 1.82) is 0 Å². The Bertz CT molecular complexity index is 300. The van der Waals surface area contributed by atoms with Gasteiger partial charge in [-0.1, -0.05) is 28.1 Å². The highest BCUT2D eigenvalue weighted by Crippen LogP contribution is 2.25. The summed E-state index contributed by atoms with van der Waals surface area (Å²) < 4.78 is 1.98. The van der Waals surface area contributed by atoms with Crippen molar-refractivity contribution >= 4 is 53.9 Å². The van der Waals surface area contributed by atoms with Gasteiger partial charge in [0.05, 0.1) is 0 Å². The molecular weight excluding hydrogens is 362 g/mol. The summed E-state index contributed by atoms with van der Waals surface area (Å²) in [5.74, 6) is 0. The molecule has 4 heteroatoms. The molecule has 70 valence electrons. The number of hydrogen-bond donors (Lipinski definition) is 0. The number of halogens is 3. The molecule has 0 saturated carbocycles. The molecule has 0 radical (unpaired) electrons. The molecule has 0 fully saturated rings. The molecular formula is C9H8Br3N. The summed E-state index contributed by atoms with van der Waals surface area (Å²) in [6.07, 6.45) is 7.69. The Hall–Kier alpha value is 0.330. The van der Waals surface area contributed by atoms with E-state index >= 15 is 0 Å². The van der Waals surface area contributed by atoms with Crippen molar-refractivity contribution in [3.8, 4) is 0 Å². The Morgan fingerprint density at radius 2 is 1.85 bits per heavy atom. The number of hydrogen-bond acceptors (Lipinski definition) is 1. The normalized spacial score (nSPS) is 13.5. The highest BCUT2D eigenvalue weighted by molar-refractivity contribution is 9.11. The SMILES string of the molecule is CC(Br)/C=C/c1c(Br)cncc1Br. The third-order valence-corrected chi connectivity index (χ3v) is 2.99. The summed E-state index contributed by atoms with van der Waals surface area (Å²) in [5, 5.41) is 0. The van der Waals surface area contributed by atoms with Crippen LogP contribution in [0.15, 0.2) is 27.4 Å². The van der Waals surface area contributed by atoms with Crippen LogP contribution in [0, 0.1) is 0 Å². The average Bonchev–Trinajstić information content (AvgIpc) is 2.03. The Labute approximate surface area is 103 Å². The largest absolute Gasteiger partial charge is 0.262 e. The third kappa shape index (κ3) is 3.52. The predicted octanol–water partition coefficient (Wildman–Crippen LogP) is 4.40. The molecule has 1 heterocycles. The van der Waals surface area contributed by atoms with E-state index in [1.54, 1.807) is 12.4 Å². The molecule has 1 aromatic rings. The monoisotopic (exact) mass is 367 g/mol. The van der Waals surface area contributed by atoms with Crippen LogP contribution < -0.4 is 0 Å². The van der Waals surface area contributed by atoms with Gasteiger partial charge in [-0.3, -0.25) is 4.98 Å². The van der Waals surface area contributed by atoms with E-state index in [1.807, 2.05) is 0 Å². The van der Waals surface area contributed by atoms with Crippen LogP contribution in [0.25, 0.3) is 6.08 Å². The van der Waals surface area contributed by atoms with E-state index in [4.69, 9.17) is 0 Å². The lowest BCUT2D eigenvalue weighted by Gasteiger charge is -2.00. The minimum atomic E-state index is 0.375. The fraction of sp³-hybridized carbons (Fsp3) is 0.222. The van der Waals surface area contributed by atoms with Crippen LogP contribution >= 0.6 is 47.8 Å². The Morgan fingerprint density at radius 1 is 1.31 bits per heavy atom. The molecule has 0 aliphatic carbocycles. The van der Waals surface area contributed by atoms with Gasteiger partial charge in [0.1, 0.15) is 0 Å². The van der Waals surface area contributed by atoms with E-state index in [2.05, 4.69) is 71.8 Å². The highest BCUT2D eigenvalue weighted by atomic mass is 79.9. The molecule has 0 bridgehead atoms. The maximum absolute atomic E-state index is 4.03. The van der Waals surface area contributed by atoms with Crippen LogP contribution in [0.3, 0.4) is 0 Å². The minimum Gasteiger partial charge on any atom is -0.262 e. The van der Waals surface area contributed by atoms with Crippen molar-refractivity contribution in [2.45, 2.75) is 11.8 Å². The zero-order valence-corrected chi connectivity index (χ0v) is 11.7. The zero-order valence-electron chi connectivity index (χ0n) is 6.97. The van der Waals surface area contributed by atoms with E-state index in [-0.39, 0.29) is 0 Å². The summed E-state index contributed by atoms with van der Waals surface area (Å²) in [6, 6.07) is 0. The van der Waals surface area contributed by atoms with Crippen LogP contribution in [0.2, 0.25) is 0 Å². The first-order chi connectivity index (χ1) is 6.11. The molecule has 0 aliphatic rings. The molecule has 0 amide bonds. The second kappa shape index (κ2) is 5.27. The van der Waals surface area contributed by atoms with Gasteiger partial charge in [0.15, 0.2) is 0 Å². The molecule has 1 rings (SSSR count). The van der Waals surface area contributed by atoms with Crippen molar-refractivity contribution < 1.29 is 0 Å². The average molecular weight is 370 g/mol. The quantitative estimate of drug-likeness (QED) is 0.704. The van der Waals surface area contributed by atoms with Crippen LogP contribution in [-0.4, -0.2) is 9.81 Å². The number of aromatic nitrogens is 1. The maximum Gasteiger partial charge on any atom is 0.0442 e. The van der Waals surface area contributed by atoms with Crippen LogP contribution in [0.5, 0.6) is 0 Å². The van der Waals surface area contributed by atoms with E-state index in [9.17, 15) is 0 Å². The van der Waals surface area contributed by atoms with Crippen molar-refractivity contribution in [3.63, 3.8) is 0 Å². The minimum absolute atomic E-state index is 0.375. The fourth-order valence-electron chi connectivity index (χ4n) is 0.809. The molecule has 1 nitrogen and oxygen atoms in total. The second-order valence-electron chi connectivity index (χ2n) is 2.55. The number of alkyl halides is 1. The Morgan fingerprint density at radius 3 is 2.31 bits per heavy atom. The van der Waals surface area contributed by atoms with E-state index in [0.717, 1.165) is 14.5 Å². The van der Waals surface area contributed by atoms with E-state index < -0.39 is 0 Å². The first-order valence-electron chi connectivity index (χ1n) is 3.72. The summed E-state index contributed by atoms with van der Waals surface area (Å²) in [4.78, 5) is 4.41. The van der Waals surface area contributed by atoms with Gasteiger partial charge in [-0.25, -0.2) is 0 Å². The highest BCUT2D eigenvalue weighted by Gasteiger charge is 2.01. The summed E-state index contributed by atoms with van der Waals surface area (Å²) >= 11 is 10.3. The van der Waals surface area contributed by atoms with Gasteiger partial charge in [-0.15, -0.1) is 0 Å². The van der Waals surface area contributed by atoms with Crippen molar-refractivity contribution in [1.82, 2.24) is 4.98 Å². The number of nitrogens with zero attached hydrogens (tertiary/aromatic N) is 1. The van der Waals surface area contributed by atoms with Crippen LogP contribution in [0.4, 0.5) is 0 Å². The summed E-state index contributed by atoms with van der Waals surface area (Å²) in [6.45, 7) is 2.07. The molecule has 0 spiro atoms. The van der Waals surface area contributed by atoms with Gasteiger partial charge in [0, 0.05) is 31.7 Å². The first kappa shape index (κ1) is 11.4. The smallest absolute Gasteiger partial charge is 0.0442 e. The first-order valence-corrected chi connectivity index (χ1v) is 6.22. The standard InChI is InChI=1S/C9H8Br3N/c1-6(10)2-3-7-8(11)4-13-5-9(7)12/h2-6H,1H3/b3-2+. The molecule has 1 aromatic heterocycles. The van der Waals surface area contributed by atoms with Crippen LogP contribution in [-0.2, 0) is 0 Å². The fourth-order valence-corrected chi connectivity index (χ4v) is 2.16. The summed E-state index contributed by atoms with van der Waals surface area (Å²) in [7, 11) is 0. The molecule has 0 aliphatic heterocycles. The second-order valence-corrected chi connectivity index (χ2v) is 5.71. The summed E-state index contributed by atoms with van der Waals surface area (Å²) in [5.41, 5.74) is 1.11. The molecule has 0 aromatic carbocycles. The topological polar surface area (TPSA) is 12.9 Å². The number of allylic oxidation sites excluding steroid dienone is 1. The van der Waals surface area contributed by atoms with Crippen LogP contribution in [0.1, 0.15) is 12.5 Å². The molecule has 13 heavy (non-hydrogen) atoms. The van der Waals surface area contributed by atoms with E-state index in [1.165, 1.54) is 0 Å². The van der Waals surface area contributed by atoms with Gasteiger partial charge < -0.3 is 0 Å².